The second-order valence-corrected chi connectivity index (χ2v) is 6.66. The molecule has 8 heteroatoms. The number of carbonyl (C=O) groups is 1. The second-order valence-electron chi connectivity index (χ2n) is 4.52. The summed E-state index contributed by atoms with van der Waals surface area (Å²) < 4.78 is 21.6. The van der Waals surface area contributed by atoms with E-state index in [1.165, 1.54) is 0 Å². The van der Waals surface area contributed by atoms with Crippen molar-refractivity contribution in [3.05, 3.63) is 28.3 Å². The van der Waals surface area contributed by atoms with Crippen LogP contribution in [0.25, 0.3) is 0 Å². The molecular weight excluding hydrogens is 314 g/mol. The van der Waals surface area contributed by atoms with E-state index in [4.69, 9.17) is 16.7 Å². The maximum absolute atomic E-state index is 11.8. The van der Waals surface area contributed by atoms with Crippen LogP contribution < -0.4 is 15.8 Å². The summed E-state index contributed by atoms with van der Waals surface area (Å²) in [5.74, 6) is -0.308. The number of hydrogen-bond donors (Lipinski definition) is 3. The first-order chi connectivity index (χ1) is 9.78. The van der Waals surface area contributed by atoms with Crippen molar-refractivity contribution in [2.75, 3.05) is 17.6 Å². The molecule has 0 radical (unpaired) electrons. The third-order valence-electron chi connectivity index (χ3n) is 2.99. The van der Waals surface area contributed by atoms with Crippen LogP contribution >= 0.6 is 11.6 Å². The van der Waals surface area contributed by atoms with E-state index >= 15 is 0 Å². The van der Waals surface area contributed by atoms with Crippen molar-refractivity contribution in [1.29, 1.82) is 0 Å². The van der Waals surface area contributed by atoms with Gasteiger partial charge in [-0.05, 0) is 30.0 Å². The molecule has 1 aromatic rings. The average molecular weight is 334 g/mol. The predicted octanol–water partition coefficient (Wildman–Crippen LogP) is 1.87. The Morgan fingerprint density at radius 3 is 2.48 bits per heavy atom. The summed E-state index contributed by atoms with van der Waals surface area (Å²) >= 11 is 6.14. The van der Waals surface area contributed by atoms with Crippen LogP contribution in [0.4, 0.5) is 10.5 Å². The SMILES string of the molecule is CCc1ccc(Cl)c(CC)c1NC(=O)NCCS(N)(=O)=O. The molecule has 0 aliphatic carbocycles. The monoisotopic (exact) mass is 333 g/mol. The number of nitrogens with two attached hydrogens (primary N) is 1. The topological polar surface area (TPSA) is 101 Å². The smallest absolute Gasteiger partial charge is 0.319 e. The lowest BCUT2D eigenvalue weighted by Gasteiger charge is -2.16. The molecule has 0 atom stereocenters. The minimum atomic E-state index is -3.59. The van der Waals surface area contributed by atoms with Gasteiger partial charge in [-0.2, -0.15) is 0 Å². The molecule has 2 amide bonds. The van der Waals surface area contributed by atoms with Crippen molar-refractivity contribution in [1.82, 2.24) is 5.32 Å². The molecule has 6 nitrogen and oxygen atoms in total. The standard InChI is InChI=1S/C13H20ClN3O3S/c1-3-9-5-6-11(14)10(4-2)12(9)17-13(18)16-7-8-21(15,19)20/h5-6H,3-4,7-8H2,1-2H3,(H2,15,19,20)(H2,16,17,18). The molecular formula is C13H20ClN3O3S. The quantitative estimate of drug-likeness (QED) is 0.740. The van der Waals surface area contributed by atoms with E-state index in [0.29, 0.717) is 17.1 Å². The van der Waals surface area contributed by atoms with Gasteiger partial charge in [0.2, 0.25) is 10.0 Å². The Morgan fingerprint density at radius 1 is 1.29 bits per heavy atom. The number of amides is 2. The number of carbonyl (C=O) groups excluding carboxylic acids is 1. The van der Waals surface area contributed by atoms with Crippen molar-refractivity contribution in [2.24, 2.45) is 5.14 Å². The van der Waals surface area contributed by atoms with Crippen LogP contribution in [0.3, 0.4) is 0 Å². The van der Waals surface area contributed by atoms with Crippen LogP contribution in [-0.2, 0) is 22.9 Å². The lowest BCUT2D eigenvalue weighted by Crippen LogP contribution is -2.34. The van der Waals surface area contributed by atoms with Gasteiger partial charge in [0.05, 0.1) is 11.4 Å². The number of nitrogens with one attached hydrogen (secondary N) is 2. The van der Waals surface area contributed by atoms with E-state index in [0.717, 1.165) is 17.5 Å². The normalized spacial score (nSPS) is 11.2. The van der Waals surface area contributed by atoms with Crippen LogP contribution in [0.1, 0.15) is 25.0 Å². The van der Waals surface area contributed by atoms with E-state index in [1.54, 1.807) is 0 Å². The Balaban J connectivity index is 2.82. The molecule has 0 bridgehead atoms. The molecule has 0 saturated carbocycles. The number of urea groups is 1. The molecule has 4 N–H and O–H groups in total. The van der Waals surface area contributed by atoms with Crippen molar-refractivity contribution in [3.8, 4) is 0 Å². The Kier molecular flexibility index (Phi) is 6.44. The molecule has 1 aromatic carbocycles. The number of rotatable bonds is 6. The molecule has 0 heterocycles. The van der Waals surface area contributed by atoms with Crippen LogP contribution in [0, 0.1) is 0 Å². The fourth-order valence-corrected chi connectivity index (χ4v) is 2.61. The maximum Gasteiger partial charge on any atom is 0.319 e. The first-order valence-electron chi connectivity index (χ1n) is 6.64. The van der Waals surface area contributed by atoms with E-state index in [2.05, 4.69) is 10.6 Å². The third kappa shape index (κ3) is 5.53. The van der Waals surface area contributed by atoms with Gasteiger partial charge in [0.25, 0.3) is 0 Å². The van der Waals surface area contributed by atoms with Crippen molar-refractivity contribution in [2.45, 2.75) is 26.7 Å². The third-order valence-corrected chi connectivity index (χ3v) is 4.11. The number of primary sulfonamides is 1. The van der Waals surface area contributed by atoms with Gasteiger partial charge in [-0.1, -0.05) is 31.5 Å². The summed E-state index contributed by atoms with van der Waals surface area (Å²) in [6.45, 7) is 3.88. The van der Waals surface area contributed by atoms with E-state index in [9.17, 15) is 13.2 Å². The summed E-state index contributed by atoms with van der Waals surface area (Å²) in [7, 11) is -3.59. The summed E-state index contributed by atoms with van der Waals surface area (Å²) in [6.07, 6.45) is 1.43. The number of anilines is 1. The van der Waals surface area contributed by atoms with Gasteiger partial charge in [-0.3, -0.25) is 0 Å². The van der Waals surface area contributed by atoms with Crippen LogP contribution in [0.15, 0.2) is 12.1 Å². The highest BCUT2D eigenvalue weighted by molar-refractivity contribution is 7.89. The van der Waals surface area contributed by atoms with Crippen LogP contribution in [-0.4, -0.2) is 26.7 Å². The number of sulfonamides is 1. The number of halogens is 1. The van der Waals surface area contributed by atoms with E-state index in [-0.39, 0.29) is 12.3 Å². The lowest BCUT2D eigenvalue weighted by atomic mass is 10.0. The summed E-state index contributed by atoms with van der Waals surface area (Å²) in [4.78, 5) is 11.8. The van der Waals surface area contributed by atoms with Gasteiger partial charge in [0.1, 0.15) is 0 Å². The Labute approximate surface area is 130 Å². The van der Waals surface area contributed by atoms with Crippen LogP contribution in [0.2, 0.25) is 5.02 Å². The molecule has 0 aliphatic rings. The Hall–Kier alpha value is -1.31. The lowest BCUT2D eigenvalue weighted by molar-refractivity contribution is 0.252. The number of benzene rings is 1. The molecule has 0 aromatic heterocycles. The van der Waals surface area contributed by atoms with Gasteiger partial charge in [-0.15, -0.1) is 0 Å². The van der Waals surface area contributed by atoms with E-state index < -0.39 is 16.1 Å². The van der Waals surface area contributed by atoms with Crippen molar-refractivity contribution in [3.63, 3.8) is 0 Å². The maximum atomic E-state index is 11.8. The van der Waals surface area contributed by atoms with Gasteiger partial charge in [-0.25, -0.2) is 18.4 Å². The molecule has 0 aliphatic heterocycles. The zero-order chi connectivity index (χ0) is 16.0. The van der Waals surface area contributed by atoms with Gasteiger partial charge < -0.3 is 10.6 Å². The Bertz CT molecular complexity index is 617. The first-order valence-corrected chi connectivity index (χ1v) is 8.73. The number of hydrogen-bond acceptors (Lipinski definition) is 3. The Morgan fingerprint density at radius 2 is 1.95 bits per heavy atom. The van der Waals surface area contributed by atoms with Gasteiger partial charge in [0.15, 0.2) is 0 Å². The van der Waals surface area contributed by atoms with Gasteiger partial charge >= 0.3 is 6.03 Å². The second kappa shape index (κ2) is 7.63. The molecule has 0 fully saturated rings. The fraction of sp³-hybridized carbons (Fsp3) is 0.462. The van der Waals surface area contributed by atoms with Crippen molar-refractivity contribution >= 4 is 33.3 Å². The molecule has 1 rings (SSSR count). The molecule has 21 heavy (non-hydrogen) atoms. The summed E-state index contributed by atoms with van der Waals surface area (Å²) in [5.41, 5.74) is 2.51. The predicted molar refractivity (Wildman–Crippen MR) is 85.2 cm³/mol. The minimum Gasteiger partial charge on any atom is -0.337 e. The minimum absolute atomic E-state index is 0.0475. The first kappa shape index (κ1) is 17.7. The molecule has 0 spiro atoms. The van der Waals surface area contributed by atoms with Crippen LogP contribution in [0.5, 0.6) is 0 Å². The highest BCUT2D eigenvalue weighted by Crippen LogP contribution is 2.29. The summed E-state index contributed by atoms with van der Waals surface area (Å²) in [6, 6.07) is 3.19. The fourth-order valence-electron chi connectivity index (χ4n) is 1.93. The largest absolute Gasteiger partial charge is 0.337 e. The molecule has 0 unspecified atom stereocenters. The zero-order valence-corrected chi connectivity index (χ0v) is 13.6. The zero-order valence-electron chi connectivity index (χ0n) is 12.1. The van der Waals surface area contributed by atoms with Crippen molar-refractivity contribution < 1.29 is 13.2 Å². The average Bonchev–Trinajstić information content (AvgIpc) is 2.37. The summed E-state index contributed by atoms with van der Waals surface area (Å²) in [5, 5.41) is 10.7. The highest BCUT2D eigenvalue weighted by atomic mass is 35.5. The molecule has 118 valence electrons. The number of aryl methyl sites for hydroxylation is 1. The van der Waals surface area contributed by atoms with Gasteiger partial charge in [0, 0.05) is 11.6 Å². The highest BCUT2D eigenvalue weighted by Gasteiger charge is 2.13. The molecule has 0 saturated heterocycles. The van der Waals surface area contributed by atoms with E-state index in [1.807, 2.05) is 26.0 Å².